The van der Waals surface area contributed by atoms with Crippen molar-refractivity contribution in [1.29, 1.82) is 0 Å². The van der Waals surface area contributed by atoms with E-state index in [1.165, 1.54) is 5.56 Å². The van der Waals surface area contributed by atoms with Crippen LogP contribution in [0.4, 0.5) is 0 Å². The molecule has 4 rings (SSSR count). The van der Waals surface area contributed by atoms with Crippen LogP contribution in [0.15, 0.2) is 72.9 Å². The minimum atomic E-state index is 0.0439. The van der Waals surface area contributed by atoms with Crippen LogP contribution in [0.1, 0.15) is 34.5 Å². The number of methoxy groups -OCH3 is 1. The molecule has 0 N–H and O–H groups in total. The molecule has 1 fully saturated rings. The second kappa shape index (κ2) is 7.70. The summed E-state index contributed by atoms with van der Waals surface area (Å²) in [5.74, 6) is 0.676. The number of benzene rings is 2. The molecular weight excluding hydrogens is 336 g/mol. The normalized spacial score (nSPS) is 13.4. The summed E-state index contributed by atoms with van der Waals surface area (Å²) < 4.78 is 7.62. The molecule has 0 bridgehead atoms. The summed E-state index contributed by atoms with van der Waals surface area (Å²) in [5, 5.41) is 0. The second-order valence-corrected chi connectivity index (χ2v) is 6.98. The summed E-state index contributed by atoms with van der Waals surface area (Å²) in [7, 11) is 1.61. The van der Waals surface area contributed by atoms with Gasteiger partial charge in [-0.1, -0.05) is 42.5 Å². The quantitative estimate of drug-likeness (QED) is 0.628. The smallest absolute Gasteiger partial charge is 0.258 e. The van der Waals surface area contributed by atoms with Crippen molar-refractivity contribution in [2.24, 2.45) is 0 Å². The third-order valence-electron chi connectivity index (χ3n) is 5.04. The van der Waals surface area contributed by atoms with Crippen molar-refractivity contribution in [2.75, 3.05) is 7.11 Å². The molecule has 1 saturated carbocycles. The van der Waals surface area contributed by atoms with Crippen LogP contribution in [0.2, 0.25) is 0 Å². The number of nitrogens with zero attached hydrogens (tertiary/aromatic N) is 2. The van der Waals surface area contributed by atoms with Gasteiger partial charge in [0, 0.05) is 24.5 Å². The number of carbonyl (C=O) groups is 1. The van der Waals surface area contributed by atoms with Gasteiger partial charge in [0.1, 0.15) is 5.75 Å². The number of aromatic nitrogens is 1. The zero-order chi connectivity index (χ0) is 18.6. The Morgan fingerprint density at radius 2 is 1.78 bits per heavy atom. The third kappa shape index (κ3) is 3.90. The van der Waals surface area contributed by atoms with E-state index >= 15 is 0 Å². The minimum absolute atomic E-state index is 0.0439. The van der Waals surface area contributed by atoms with Crippen LogP contribution in [0.3, 0.4) is 0 Å². The predicted octanol–water partition coefficient (Wildman–Crippen LogP) is 4.35. The summed E-state index contributed by atoms with van der Waals surface area (Å²) in [6, 6.07) is 22.3. The first kappa shape index (κ1) is 17.4. The van der Waals surface area contributed by atoms with Gasteiger partial charge < -0.3 is 14.2 Å². The highest BCUT2D eigenvalue weighted by molar-refractivity contribution is 5.97. The highest BCUT2D eigenvalue weighted by Gasteiger charge is 2.34. The van der Waals surface area contributed by atoms with E-state index in [0.29, 0.717) is 23.9 Å². The van der Waals surface area contributed by atoms with E-state index in [1.54, 1.807) is 7.11 Å². The molecule has 0 atom stereocenters. The summed E-state index contributed by atoms with van der Waals surface area (Å²) in [4.78, 5) is 15.2. The van der Waals surface area contributed by atoms with Crippen LogP contribution in [0.25, 0.3) is 0 Å². The van der Waals surface area contributed by atoms with E-state index in [0.717, 1.165) is 25.1 Å². The lowest BCUT2D eigenvalue weighted by atomic mass is 10.1. The van der Waals surface area contributed by atoms with Crippen LogP contribution >= 0.6 is 0 Å². The van der Waals surface area contributed by atoms with Crippen molar-refractivity contribution in [3.63, 3.8) is 0 Å². The molecule has 0 saturated heterocycles. The lowest BCUT2D eigenvalue weighted by molar-refractivity contribution is 0.0722. The standard InChI is InChI=1S/C23H24N2O2/c1-27-22-12-6-5-11-21(22)23(26)25(19-13-14-19)17-20-10-7-15-24(20)16-18-8-3-2-4-9-18/h2-12,15,19H,13-14,16-17H2,1H3. The Morgan fingerprint density at radius 3 is 2.52 bits per heavy atom. The monoisotopic (exact) mass is 360 g/mol. The van der Waals surface area contributed by atoms with Gasteiger partial charge in [-0.05, 0) is 42.7 Å². The molecule has 0 radical (unpaired) electrons. The maximum Gasteiger partial charge on any atom is 0.258 e. The van der Waals surface area contributed by atoms with E-state index in [-0.39, 0.29) is 5.91 Å². The molecule has 3 aromatic rings. The zero-order valence-corrected chi connectivity index (χ0v) is 15.5. The van der Waals surface area contributed by atoms with E-state index in [2.05, 4.69) is 47.2 Å². The van der Waals surface area contributed by atoms with E-state index in [9.17, 15) is 4.79 Å². The van der Waals surface area contributed by atoms with E-state index < -0.39 is 0 Å². The van der Waals surface area contributed by atoms with Gasteiger partial charge in [0.15, 0.2) is 0 Å². The molecule has 2 aromatic carbocycles. The highest BCUT2D eigenvalue weighted by atomic mass is 16.5. The Balaban J connectivity index is 1.57. The van der Waals surface area contributed by atoms with Crippen molar-refractivity contribution in [2.45, 2.75) is 32.0 Å². The Kier molecular flexibility index (Phi) is 4.97. The van der Waals surface area contributed by atoms with Gasteiger partial charge in [0.2, 0.25) is 0 Å². The first-order valence-corrected chi connectivity index (χ1v) is 9.38. The van der Waals surface area contributed by atoms with Gasteiger partial charge in [0.25, 0.3) is 5.91 Å². The first-order chi connectivity index (χ1) is 13.3. The molecule has 1 aliphatic carbocycles. The Hall–Kier alpha value is -3.01. The van der Waals surface area contributed by atoms with Crippen LogP contribution in [-0.2, 0) is 13.1 Å². The molecule has 4 heteroatoms. The second-order valence-electron chi connectivity index (χ2n) is 6.98. The van der Waals surface area contributed by atoms with Gasteiger partial charge in [-0.3, -0.25) is 4.79 Å². The fourth-order valence-corrected chi connectivity index (χ4v) is 3.43. The fraction of sp³-hybridized carbons (Fsp3) is 0.261. The van der Waals surface area contributed by atoms with E-state index in [1.807, 2.05) is 35.2 Å². The zero-order valence-electron chi connectivity index (χ0n) is 15.5. The van der Waals surface area contributed by atoms with Crippen molar-refractivity contribution in [3.8, 4) is 5.75 Å². The van der Waals surface area contributed by atoms with Crippen LogP contribution < -0.4 is 4.74 Å². The molecule has 1 aromatic heterocycles. The topological polar surface area (TPSA) is 34.5 Å². The van der Waals surface area contributed by atoms with Crippen molar-refractivity contribution in [1.82, 2.24) is 9.47 Å². The Bertz CT molecular complexity index is 913. The minimum Gasteiger partial charge on any atom is -0.496 e. The maximum atomic E-state index is 13.2. The summed E-state index contributed by atoms with van der Waals surface area (Å²) in [6.07, 6.45) is 4.22. The number of rotatable bonds is 7. The number of hydrogen-bond donors (Lipinski definition) is 0. The largest absolute Gasteiger partial charge is 0.496 e. The van der Waals surface area contributed by atoms with Gasteiger partial charge in [0.05, 0.1) is 19.2 Å². The molecule has 138 valence electrons. The van der Waals surface area contributed by atoms with E-state index in [4.69, 9.17) is 4.74 Å². The van der Waals surface area contributed by atoms with Crippen LogP contribution in [0, 0.1) is 0 Å². The molecule has 0 unspecified atom stereocenters. The van der Waals surface area contributed by atoms with Crippen LogP contribution in [-0.4, -0.2) is 28.5 Å². The average molecular weight is 360 g/mol. The summed E-state index contributed by atoms with van der Waals surface area (Å²) in [5.41, 5.74) is 3.03. The highest BCUT2D eigenvalue weighted by Crippen LogP contribution is 2.31. The lowest BCUT2D eigenvalue weighted by Crippen LogP contribution is -2.33. The maximum absolute atomic E-state index is 13.2. The average Bonchev–Trinajstić information content (AvgIpc) is 3.47. The van der Waals surface area contributed by atoms with Gasteiger partial charge in [-0.15, -0.1) is 0 Å². The fourth-order valence-electron chi connectivity index (χ4n) is 3.43. The van der Waals surface area contributed by atoms with Gasteiger partial charge in [-0.25, -0.2) is 0 Å². The summed E-state index contributed by atoms with van der Waals surface area (Å²) in [6.45, 7) is 1.42. The molecule has 0 spiro atoms. The van der Waals surface area contributed by atoms with Crippen LogP contribution in [0.5, 0.6) is 5.75 Å². The van der Waals surface area contributed by atoms with Crippen molar-refractivity contribution < 1.29 is 9.53 Å². The Labute approximate surface area is 160 Å². The molecule has 1 heterocycles. The molecule has 1 amide bonds. The summed E-state index contributed by atoms with van der Waals surface area (Å²) >= 11 is 0. The lowest BCUT2D eigenvalue weighted by Gasteiger charge is -2.24. The van der Waals surface area contributed by atoms with Gasteiger partial charge >= 0.3 is 0 Å². The molecule has 4 nitrogen and oxygen atoms in total. The van der Waals surface area contributed by atoms with Crippen molar-refractivity contribution >= 4 is 5.91 Å². The first-order valence-electron chi connectivity index (χ1n) is 9.38. The van der Waals surface area contributed by atoms with Gasteiger partial charge in [-0.2, -0.15) is 0 Å². The molecule has 0 aliphatic heterocycles. The third-order valence-corrected chi connectivity index (χ3v) is 5.04. The molecule has 1 aliphatic rings. The predicted molar refractivity (Wildman–Crippen MR) is 106 cm³/mol. The SMILES string of the molecule is COc1ccccc1C(=O)N(Cc1cccn1Cc1ccccc1)C1CC1. The molecular formula is C23H24N2O2. The van der Waals surface area contributed by atoms with Crippen molar-refractivity contribution in [3.05, 3.63) is 89.7 Å². The number of hydrogen-bond acceptors (Lipinski definition) is 2. The number of carbonyl (C=O) groups excluding carboxylic acids is 1. The molecule has 27 heavy (non-hydrogen) atoms. The number of ether oxygens (including phenoxy) is 1. The Morgan fingerprint density at radius 1 is 1.04 bits per heavy atom. The number of para-hydroxylation sites is 1. The number of amides is 1.